The summed E-state index contributed by atoms with van der Waals surface area (Å²) in [4.78, 5) is 0. The first-order chi connectivity index (χ1) is 9.59. The Morgan fingerprint density at radius 3 is 1.86 bits per heavy atom. The molecule has 0 amide bonds. The third kappa shape index (κ3) is 7.20. The lowest BCUT2D eigenvalue weighted by molar-refractivity contribution is 0.0960. The van der Waals surface area contributed by atoms with Crippen LogP contribution in [-0.2, 0) is 0 Å². The Morgan fingerprint density at radius 1 is 0.857 bits per heavy atom. The van der Waals surface area contributed by atoms with Crippen LogP contribution in [0.2, 0.25) is 0 Å². The monoisotopic (exact) mass is 296 g/mol. The second kappa shape index (κ2) is 9.21. The molecular weight excluding hydrogens is 252 g/mol. The van der Waals surface area contributed by atoms with Crippen LogP contribution in [0.3, 0.4) is 0 Å². The van der Waals surface area contributed by atoms with Crippen LogP contribution in [0.15, 0.2) is 0 Å². The third-order valence-corrected chi connectivity index (χ3v) is 6.57. The lowest BCUT2D eigenvalue weighted by Gasteiger charge is -2.41. The van der Waals surface area contributed by atoms with Crippen molar-refractivity contribution in [3.8, 4) is 0 Å². The van der Waals surface area contributed by atoms with Gasteiger partial charge in [-0.3, -0.25) is 0 Å². The first-order valence-corrected chi connectivity index (χ1v) is 9.59. The van der Waals surface area contributed by atoms with Crippen molar-refractivity contribution in [2.24, 2.45) is 28.6 Å². The van der Waals surface area contributed by atoms with Crippen LogP contribution in [0.1, 0.15) is 107 Å². The summed E-state index contributed by atoms with van der Waals surface area (Å²) in [5.74, 6) is 2.49. The zero-order chi connectivity index (χ0) is 16.7. The maximum Gasteiger partial charge on any atom is -0.0298 e. The van der Waals surface area contributed by atoms with Gasteiger partial charge in [-0.1, -0.05) is 88.0 Å². The molecule has 0 nitrogen and oxygen atoms in total. The molecule has 0 rings (SSSR count). The minimum absolute atomic E-state index is 0.474. The second-order valence-electron chi connectivity index (χ2n) is 9.06. The van der Waals surface area contributed by atoms with Crippen LogP contribution >= 0.6 is 0 Å². The van der Waals surface area contributed by atoms with E-state index >= 15 is 0 Å². The molecule has 0 spiro atoms. The molecule has 0 N–H and O–H groups in total. The first kappa shape index (κ1) is 21.0. The largest absolute Gasteiger partial charge is 0.0654 e. The van der Waals surface area contributed by atoms with Crippen molar-refractivity contribution < 1.29 is 0 Å². The number of rotatable bonds is 11. The van der Waals surface area contributed by atoms with Crippen molar-refractivity contribution in [1.29, 1.82) is 0 Å². The lowest BCUT2D eigenvalue weighted by atomic mass is 9.64. The molecule has 0 aliphatic heterocycles. The molecule has 0 aromatic heterocycles. The van der Waals surface area contributed by atoms with Gasteiger partial charge in [-0.15, -0.1) is 0 Å². The molecule has 0 heteroatoms. The Hall–Kier alpha value is 0. The molecule has 0 fully saturated rings. The quantitative estimate of drug-likeness (QED) is 0.366. The highest BCUT2D eigenvalue weighted by Gasteiger charge is 2.34. The van der Waals surface area contributed by atoms with Crippen molar-refractivity contribution in [3.63, 3.8) is 0 Å². The summed E-state index contributed by atoms with van der Waals surface area (Å²) in [6.07, 6.45) is 9.64. The van der Waals surface area contributed by atoms with Gasteiger partial charge >= 0.3 is 0 Å². The molecule has 128 valence electrons. The molecule has 0 radical (unpaired) electrons. The number of hydrogen-bond acceptors (Lipinski definition) is 0. The molecule has 0 aliphatic rings. The molecular formula is C21H44. The first-order valence-electron chi connectivity index (χ1n) is 9.59. The summed E-state index contributed by atoms with van der Waals surface area (Å²) in [6, 6.07) is 0. The van der Waals surface area contributed by atoms with Gasteiger partial charge in [0, 0.05) is 0 Å². The van der Waals surface area contributed by atoms with Gasteiger partial charge in [0.15, 0.2) is 0 Å². The van der Waals surface area contributed by atoms with E-state index in [-0.39, 0.29) is 0 Å². The van der Waals surface area contributed by atoms with Crippen LogP contribution in [0.4, 0.5) is 0 Å². The summed E-state index contributed by atoms with van der Waals surface area (Å²) < 4.78 is 0. The molecule has 0 aromatic rings. The van der Waals surface area contributed by atoms with Gasteiger partial charge in [-0.25, -0.2) is 0 Å². The van der Waals surface area contributed by atoms with Crippen LogP contribution in [0.25, 0.3) is 0 Å². The van der Waals surface area contributed by atoms with E-state index in [9.17, 15) is 0 Å². The Bertz CT molecular complexity index is 263. The zero-order valence-corrected chi connectivity index (χ0v) is 16.7. The molecule has 0 heterocycles. The average Bonchev–Trinajstić information content (AvgIpc) is 2.41. The average molecular weight is 297 g/mol. The lowest BCUT2D eigenvalue weighted by Crippen LogP contribution is -2.31. The molecule has 0 saturated heterocycles. The maximum absolute atomic E-state index is 2.57. The van der Waals surface area contributed by atoms with E-state index in [0.717, 1.165) is 17.8 Å². The van der Waals surface area contributed by atoms with E-state index in [1.54, 1.807) is 0 Å². The van der Waals surface area contributed by atoms with Crippen molar-refractivity contribution >= 4 is 0 Å². The van der Waals surface area contributed by atoms with Crippen LogP contribution < -0.4 is 0 Å². The van der Waals surface area contributed by atoms with Gasteiger partial charge in [0.2, 0.25) is 0 Å². The minimum Gasteiger partial charge on any atom is -0.0654 e. The van der Waals surface area contributed by atoms with Gasteiger partial charge in [-0.2, -0.15) is 0 Å². The fourth-order valence-electron chi connectivity index (χ4n) is 3.39. The Kier molecular flexibility index (Phi) is 9.21. The summed E-state index contributed by atoms with van der Waals surface area (Å²) in [7, 11) is 0. The third-order valence-electron chi connectivity index (χ3n) is 6.57. The Labute approximate surface area is 136 Å². The van der Waals surface area contributed by atoms with Gasteiger partial charge in [-0.05, 0) is 47.8 Å². The van der Waals surface area contributed by atoms with Crippen molar-refractivity contribution in [2.45, 2.75) is 107 Å². The van der Waals surface area contributed by atoms with Gasteiger partial charge in [0.05, 0.1) is 0 Å². The molecule has 0 aromatic carbocycles. The summed E-state index contributed by atoms with van der Waals surface area (Å²) in [5.41, 5.74) is 0.995. The summed E-state index contributed by atoms with van der Waals surface area (Å²) in [5, 5.41) is 0. The Balaban J connectivity index is 4.77. The maximum atomic E-state index is 2.57. The van der Waals surface area contributed by atoms with Crippen LogP contribution in [0.5, 0.6) is 0 Å². The fourth-order valence-corrected chi connectivity index (χ4v) is 3.39. The van der Waals surface area contributed by atoms with E-state index in [1.807, 2.05) is 0 Å². The van der Waals surface area contributed by atoms with E-state index in [4.69, 9.17) is 0 Å². The van der Waals surface area contributed by atoms with Gasteiger partial charge < -0.3 is 0 Å². The van der Waals surface area contributed by atoms with Crippen molar-refractivity contribution in [3.05, 3.63) is 0 Å². The topological polar surface area (TPSA) is 0 Å². The molecule has 0 saturated carbocycles. The summed E-state index contributed by atoms with van der Waals surface area (Å²) >= 11 is 0. The van der Waals surface area contributed by atoms with Gasteiger partial charge in [0.25, 0.3) is 0 Å². The van der Waals surface area contributed by atoms with Crippen LogP contribution in [-0.4, -0.2) is 0 Å². The highest BCUT2D eigenvalue weighted by molar-refractivity contribution is 4.85. The minimum atomic E-state index is 0.474. The molecule has 21 heavy (non-hydrogen) atoms. The summed E-state index contributed by atoms with van der Waals surface area (Å²) in [6.45, 7) is 21.9. The highest BCUT2D eigenvalue weighted by Crippen LogP contribution is 2.45. The van der Waals surface area contributed by atoms with Gasteiger partial charge in [0.1, 0.15) is 0 Å². The van der Waals surface area contributed by atoms with E-state index in [2.05, 4.69) is 62.3 Å². The smallest absolute Gasteiger partial charge is 0.0298 e. The predicted octanol–water partition coefficient (Wildman–Crippen LogP) is 7.72. The Morgan fingerprint density at radius 2 is 1.43 bits per heavy atom. The van der Waals surface area contributed by atoms with Crippen molar-refractivity contribution in [1.82, 2.24) is 0 Å². The highest BCUT2D eigenvalue weighted by atomic mass is 14.4. The van der Waals surface area contributed by atoms with E-state index in [0.29, 0.717) is 10.8 Å². The normalized spacial score (nSPS) is 18.6. The second-order valence-corrected chi connectivity index (χ2v) is 9.06. The van der Waals surface area contributed by atoms with E-state index < -0.39 is 0 Å². The predicted molar refractivity (Wildman–Crippen MR) is 98.7 cm³/mol. The standard InChI is InChI=1S/C21H44/c1-10-12-13-18(5)16-21(9,19(6)11-2)15-14-20(7,8)17(3)4/h17-19H,10-16H2,1-9H3. The number of unbranched alkanes of at least 4 members (excludes halogenated alkanes) is 1. The van der Waals surface area contributed by atoms with Crippen LogP contribution in [0, 0.1) is 28.6 Å². The zero-order valence-electron chi connectivity index (χ0n) is 16.7. The fraction of sp³-hybridized carbons (Fsp3) is 1.00. The number of hydrogen-bond donors (Lipinski definition) is 0. The molecule has 3 unspecified atom stereocenters. The SMILES string of the molecule is CCCCC(C)CC(C)(CCC(C)(C)C(C)C)C(C)CC. The molecule has 3 atom stereocenters. The van der Waals surface area contributed by atoms with E-state index in [1.165, 1.54) is 44.9 Å². The van der Waals surface area contributed by atoms with Crippen molar-refractivity contribution in [2.75, 3.05) is 0 Å². The molecule has 0 aliphatic carbocycles. The molecule has 0 bridgehead atoms.